The van der Waals surface area contributed by atoms with Crippen LogP contribution in [-0.4, -0.2) is 43.0 Å². The van der Waals surface area contributed by atoms with Crippen LogP contribution in [0.5, 0.6) is 0 Å². The molecule has 1 rings (SSSR count). The topological polar surface area (TPSA) is 58.4 Å². The van der Waals surface area contributed by atoms with Gasteiger partial charge in [0.1, 0.15) is 0 Å². The number of likely N-dealkylation sites (tertiary alicyclic amines) is 1. The molecule has 1 unspecified atom stereocenters. The fraction of sp³-hybridized carbons (Fsp3) is 0.769. The van der Waals surface area contributed by atoms with Crippen LogP contribution in [0.2, 0.25) is 0 Å². The Balaban J connectivity index is 2.18. The molecule has 4 heteroatoms. The molecule has 17 heavy (non-hydrogen) atoms. The number of rotatable bonds is 6. The molecule has 1 aliphatic heterocycles. The molecule has 1 heterocycles. The van der Waals surface area contributed by atoms with E-state index in [9.17, 15) is 4.79 Å². The summed E-state index contributed by atoms with van der Waals surface area (Å²) in [6.45, 7) is 9.97. The van der Waals surface area contributed by atoms with E-state index in [4.69, 9.17) is 5.73 Å². The highest BCUT2D eigenvalue weighted by Gasteiger charge is 2.19. The van der Waals surface area contributed by atoms with Crippen molar-refractivity contribution in [2.75, 3.05) is 26.2 Å². The average molecular weight is 239 g/mol. The van der Waals surface area contributed by atoms with Crippen LogP contribution in [0.25, 0.3) is 0 Å². The largest absolute Gasteiger partial charge is 0.354 e. The van der Waals surface area contributed by atoms with Crippen molar-refractivity contribution in [1.82, 2.24) is 10.2 Å². The summed E-state index contributed by atoms with van der Waals surface area (Å²) in [6.07, 6.45) is 4.57. The van der Waals surface area contributed by atoms with Crippen LogP contribution >= 0.6 is 0 Å². The maximum Gasteiger partial charge on any atom is 0.237 e. The van der Waals surface area contributed by atoms with Crippen LogP contribution in [0.4, 0.5) is 0 Å². The van der Waals surface area contributed by atoms with Crippen LogP contribution in [0, 0.1) is 5.92 Å². The molecule has 4 nitrogen and oxygen atoms in total. The maximum absolute atomic E-state index is 11.6. The second-order valence-electron chi connectivity index (χ2n) is 4.75. The van der Waals surface area contributed by atoms with Gasteiger partial charge in [0.25, 0.3) is 0 Å². The van der Waals surface area contributed by atoms with Crippen molar-refractivity contribution in [1.29, 1.82) is 0 Å². The molecule has 1 saturated heterocycles. The van der Waals surface area contributed by atoms with Crippen molar-refractivity contribution < 1.29 is 4.79 Å². The zero-order valence-electron chi connectivity index (χ0n) is 10.8. The SMILES string of the molecule is C=CCC(N)C(=O)NCC1CCN(CC)CC1. The minimum atomic E-state index is -0.441. The molecule has 0 saturated carbocycles. The van der Waals surface area contributed by atoms with Gasteiger partial charge in [-0.3, -0.25) is 4.79 Å². The van der Waals surface area contributed by atoms with Gasteiger partial charge >= 0.3 is 0 Å². The van der Waals surface area contributed by atoms with Gasteiger partial charge in [0.15, 0.2) is 0 Å². The molecule has 0 aromatic rings. The summed E-state index contributed by atoms with van der Waals surface area (Å²) in [7, 11) is 0. The molecule has 98 valence electrons. The highest BCUT2D eigenvalue weighted by Crippen LogP contribution is 2.15. The lowest BCUT2D eigenvalue weighted by atomic mass is 9.96. The first kappa shape index (κ1) is 14.2. The minimum absolute atomic E-state index is 0.0529. The van der Waals surface area contributed by atoms with Crippen molar-refractivity contribution >= 4 is 5.91 Å². The number of nitrogens with one attached hydrogen (secondary N) is 1. The predicted octanol–water partition coefficient (Wildman–Crippen LogP) is 0.738. The molecule has 0 bridgehead atoms. The third kappa shape index (κ3) is 4.88. The Morgan fingerprint density at radius 1 is 1.59 bits per heavy atom. The third-order valence-corrected chi connectivity index (χ3v) is 3.48. The second kappa shape index (κ2) is 7.45. The van der Waals surface area contributed by atoms with Crippen LogP contribution < -0.4 is 11.1 Å². The Morgan fingerprint density at radius 2 is 2.24 bits per heavy atom. The standard InChI is InChI=1S/C13H25N3O/c1-3-5-12(14)13(17)15-10-11-6-8-16(4-2)9-7-11/h3,11-12H,1,4-10,14H2,2H3,(H,15,17). The number of hydrogen-bond acceptors (Lipinski definition) is 3. The molecule has 0 aromatic carbocycles. The zero-order valence-corrected chi connectivity index (χ0v) is 10.8. The van der Waals surface area contributed by atoms with Crippen molar-refractivity contribution in [3.63, 3.8) is 0 Å². The first-order valence-corrected chi connectivity index (χ1v) is 6.53. The summed E-state index contributed by atoms with van der Waals surface area (Å²) in [5.74, 6) is 0.556. The third-order valence-electron chi connectivity index (χ3n) is 3.48. The lowest BCUT2D eigenvalue weighted by molar-refractivity contribution is -0.122. The quantitative estimate of drug-likeness (QED) is 0.672. The molecular weight excluding hydrogens is 214 g/mol. The summed E-state index contributed by atoms with van der Waals surface area (Å²) in [4.78, 5) is 14.0. The van der Waals surface area contributed by atoms with Gasteiger partial charge in [0.2, 0.25) is 5.91 Å². The van der Waals surface area contributed by atoms with E-state index in [0.717, 1.165) is 26.2 Å². The summed E-state index contributed by atoms with van der Waals surface area (Å²) in [5.41, 5.74) is 5.70. The van der Waals surface area contributed by atoms with Crippen molar-refractivity contribution in [2.45, 2.75) is 32.2 Å². The van der Waals surface area contributed by atoms with Gasteiger partial charge in [-0.25, -0.2) is 0 Å². The Morgan fingerprint density at radius 3 is 2.76 bits per heavy atom. The van der Waals surface area contributed by atoms with E-state index in [1.165, 1.54) is 12.8 Å². The number of piperidine rings is 1. The highest BCUT2D eigenvalue weighted by atomic mass is 16.2. The summed E-state index contributed by atoms with van der Waals surface area (Å²) < 4.78 is 0. The smallest absolute Gasteiger partial charge is 0.237 e. The fourth-order valence-electron chi connectivity index (χ4n) is 2.17. The summed E-state index contributed by atoms with van der Waals surface area (Å²) in [6, 6.07) is -0.441. The van der Waals surface area contributed by atoms with Gasteiger partial charge in [0, 0.05) is 6.54 Å². The molecule has 0 radical (unpaired) electrons. The van der Waals surface area contributed by atoms with Gasteiger partial charge in [-0.2, -0.15) is 0 Å². The second-order valence-corrected chi connectivity index (χ2v) is 4.75. The van der Waals surface area contributed by atoms with Crippen molar-refractivity contribution in [3.8, 4) is 0 Å². The van der Waals surface area contributed by atoms with Gasteiger partial charge in [-0.1, -0.05) is 13.0 Å². The van der Waals surface area contributed by atoms with Crippen LogP contribution in [-0.2, 0) is 4.79 Å². The molecular formula is C13H25N3O. The summed E-state index contributed by atoms with van der Waals surface area (Å²) >= 11 is 0. The van der Waals surface area contributed by atoms with Crippen LogP contribution in [0.1, 0.15) is 26.2 Å². The molecule has 1 amide bonds. The lowest BCUT2D eigenvalue weighted by Gasteiger charge is -2.31. The number of nitrogens with zero attached hydrogens (tertiary/aromatic N) is 1. The van der Waals surface area contributed by atoms with E-state index in [1.54, 1.807) is 6.08 Å². The molecule has 1 atom stereocenters. The van der Waals surface area contributed by atoms with Gasteiger partial charge in [0.05, 0.1) is 6.04 Å². The number of carbonyl (C=O) groups excluding carboxylic acids is 1. The van der Waals surface area contributed by atoms with Gasteiger partial charge < -0.3 is 16.0 Å². The zero-order chi connectivity index (χ0) is 12.7. The molecule has 3 N–H and O–H groups in total. The molecule has 1 aliphatic rings. The van der Waals surface area contributed by atoms with E-state index in [0.29, 0.717) is 12.3 Å². The molecule has 0 aliphatic carbocycles. The van der Waals surface area contributed by atoms with E-state index in [1.807, 2.05) is 0 Å². The predicted molar refractivity (Wildman–Crippen MR) is 70.6 cm³/mol. The van der Waals surface area contributed by atoms with Crippen LogP contribution in [0.15, 0.2) is 12.7 Å². The van der Waals surface area contributed by atoms with Gasteiger partial charge in [-0.05, 0) is 44.8 Å². The monoisotopic (exact) mass is 239 g/mol. The maximum atomic E-state index is 11.6. The number of hydrogen-bond donors (Lipinski definition) is 2. The molecule has 0 aromatic heterocycles. The Bertz CT molecular complexity index is 247. The minimum Gasteiger partial charge on any atom is -0.354 e. The van der Waals surface area contributed by atoms with E-state index >= 15 is 0 Å². The normalized spacial score (nSPS) is 19.9. The Kier molecular flexibility index (Phi) is 6.22. The number of nitrogens with two attached hydrogens (primary N) is 1. The Labute approximate surface area is 104 Å². The van der Waals surface area contributed by atoms with Gasteiger partial charge in [-0.15, -0.1) is 6.58 Å². The van der Waals surface area contributed by atoms with E-state index < -0.39 is 6.04 Å². The van der Waals surface area contributed by atoms with E-state index in [2.05, 4.69) is 23.7 Å². The highest BCUT2D eigenvalue weighted by molar-refractivity contribution is 5.81. The number of carbonyl (C=O) groups is 1. The molecule has 0 spiro atoms. The molecule has 1 fully saturated rings. The first-order valence-electron chi connectivity index (χ1n) is 6.53. The lowest BCUT2D eigenvalue weighted by Crippen LogP contribution is -2.44. The fourth-order valence-corrected chi connectivity index (χ4v) is 2.17. The van der Waals surface area contributed by atoms with Crippen molar-refractivity contribution in [3.05, 3.63) is 12.7 Å². The van der Waals surface area contributed by atoms with Crippen molar-refractivity contribution in [2.24, 2.45) is 11.7 Å². The Hall–Kier alpha value is -0.870. The number of amides is 1. The summed E-state index contributed by atoms with van der Waals surface area (Å²) in [5, 5.41) is 2.94. The first-order chi connectivity index (χ1) is 8.17. The van der Waals surface area contributed by atoms with Crippen LogP contribution in [0.3, 0.4) is 0 Å². The van der Waals surface area contributed by atoms with E-state index in [-0.39, 0.29) is 5.91 Å². The average Bonchev–Trinajstić information content (AvgIpc) is 2.36.